The summed E-state index contributed by atoms with van der Waals surface area (Å²) in [6.45, 7) is 3.36. The van der Waals surface area contributed by atoms with Crippen LogP contribution >= 0.6 is 27.3 Å². The predicted octanol–water partition coefficient (Wildman–Crippen LogP) is 3.55. The van der Waals surface area contributed by atoms with E-state index in [2.05, 4.69) is 31.2 Å². The van der Waals surface area contributed by atoms with Crippen molar-refractivity contribution in [2.45, 2.75) is 13.5 Å². The van der Waals surface area contributed by atoms with Crippen LogP contribution in [0.2, 0.25) is 0 Å². The highest BCUT2D eigenvalue weighted by Gasteiger charge is 2.08. The fourth-order valence-electron chi connectivity index (χ4n) is 1.53. The maximum atomic E-state index is 5.13. The molecule has 0 aromatic carbocycles. The van der Waals surface area contributed by atoms with Crippen LogP contribution in [-0.4, -0.2) is 23.6 Å². The third-order valence-electron chi connectivity index (χ3n) is 2.22. The molecule has 0 amide bonds. The van der Waals surface area contributed by atoms with Gasteiger partial charge in [0.1, 0.15) is 5.82 Å². The number of rotatable bonds is 5. The Morgan fingerprint density at radius 1 is 1.39 bits per heavy atom. The first kappa shape index (κ1) is 13.5. The molecule has 0 aliphatic heterocycles. The Hall–Kier alpha value is -0.980. The van der Waals surface area contributed by atoms with E-state index in [1.165, 1.54) is 0 Å². The van der Waals surface area contributed by atoms with Gasteiger partial charge in [0.2, 0.25) is 0 Å². The summed E-state index contributed by atoms with van der Waals surface area (Å²) in [6.07, 6.45) is 0. The SMILES string of the molecule is CCNc1cc(COC)nc(-c2cc(Br)cs2)n1. The van der Waals surface area contributed by atoms with Crippen molar-refractivity contribution in [2.24, 2.45) is 0 Å². The van der Waals surface area contributed by atoms with E-state index in [1.54, 1.807) is 18.4 Å². The molecule has 0 radical (unpaired) electrons. The number of halogens is 1. The Morgan fingerprint density at radius 3 is 2.83 bits per heavy atom. The van der Waals surface area contributed by atoms with Crippen LogP contribution in [0.15, 0.2) is 22.0 Å². The number of hydrogen-bond donors (Lipinski definition) is 1. The Kier molecular flexibility index (Phi) is 4.68. The van der Waals surface area contributed by atoms with Gasteiger partial charge in [-0.3, -0.25) is 0 Å². The average Bonchev–Trinajstić information content (AvgIpc) is 2.76. The van der Waals surface area contributed by atoms with Gasteiger partial charge < -0.3 is 10.1 Å². The number of anilines is 1. The fourth-order valence-corrected chi connectivity index (χ4v) is 2.89. The number of nitrogens with one attached hydrogen (secondary N) is 1. The molecule has 0 spiro atoms. The van der Waals surface area contributed by atoms with Crippen molar-refractivity contribution < 1.29 is 4.74 Å². The number of methoxy groups -OCH3 is 1. The lowest BCUT2D eigenvalue weighted by atomic mass is 10.3. The van der Waals surface area contributed by atoms with Crippen LogP contribution in [0.5, 0.6) is 0 Å². The van der Waals surface area contributed by atoms with Crippen LogP contribution in [-0.2, 0) is 11.3 Å². The number of ether oxygens (including phenoxy) is 1. The quantitative estimate of drug-likeness (QED) is 0.912. The van der Waals surface area contributed by atoms with E-state index in [9.17, 15) is 0 Å². The third-order valence-corrected chi connectivity index (χ3v) is 3.90. The van der Waals surface area contributed by atoms with Crippen molar-refractivity contribution in [3.05, 3.63) is 27.7 Å². The molecule has 1 N–H and O–H groups in total. The first-order valence-corrected chi connectivity index (χ1v) is 7.25. The minimum Gasteiger partial charge on any atom is -0.378 e. The zero-order valence-electron chi connectivity index (χ0n) is 10.2. The minimum absolute atomic E-state index is 0.487. The molecule has 0 bridgehead atoms. The molecule has 2 aromatic rings. The van der Waals surface area contributed by atoms with Crippen molar-refractivity contribution in [3.63, 3.8) is 0 Å². The minimum atomic E-state index is 0.487. The summed E-state index contributed by atoms with van der Waals surface area (Å²) < 4.78 is 6.18. The summed E-state index contributed by atoms with van der Waals surface area (Å²) in [5.41, 5.74) is 0.878. The number of nitrogens with zero attached hydrogens (tertiary/aromatic N) is 2. The first-order chi connectivity index (χ1) is 8.72. The highest BCUT2D eigenvalue weighted by Crippen LogP contribution is 2.28. The van der Waals surface area contributed by atoms with Crippen molar-refractivity contribution in [2.75, 3.05) is 19.0 Å². The van der Waals surface area contributed by atoms with Crippen molar-refractivity contribution in [3.8, 4) is 10.7 Å². The van der Waals surface area contributed by atoms with E-state index in [0.717, 1.165) is 33.2 Å². The molecule has 0 saturated carbocycles. The van der Waals surface area contributed by atoms with Crippen molar-refractivity contribution in [1.29, 1.82) is 0 Å². The lowest BCUT2D eigenvalue weighted by Gasteiger charge is -2.07. The molecule has 0 saturated heterocycles. The molecule has 6 heteroatoms. The van der Waals surface area contributed by atoms with Gasteiger partial charge in [-0.2, -0.15) is 0 Å². The van der Waals surface area contributed by atoms with E-state index < -0.39 is 0 Å². The van der Waals surface area contributed by atoms with Gasteiger partial charge in [0.15, 0.2) is 5.82 Å². The summed E-state index contributed by atoms with van der Waals surface area (Å²) in [5.74, 6) is 1.57. The summed E-state index contributed by atoms with van der Waals surface area (Å²) in [4.78, 5) is 10.0. The van der Waals surface area contributed by atoms with Crippen LogP contribution in [0.1, 0.15) is 12.6 Å². The lowest BCUT2D eigenvalue weighted by Crippen LogP contribution is -2.04. The Labute approximate surface area is 119 Å². The molecule has 2 rings (SSSR count). The topological polar surface area (TPSA) is 47.0 Å². The number of aromatic nitrogens is 2. The zero-order valence-corrected chi connectivity index (χ0v) is 12.6. The van der Waals surface area contributed by atoms with E-state index in [4.69, 9.17) is 4.74 Å². The third kappa shape index (κ3) is 3.28. The van der Waals surface area contributed by atoms with Gasteiger partial charge >= 0.3 is 0 Å². The first-order valence-electron chi connectivity index (χ1n) is 5.58. The molecule has 0 aliphatic carbocycles. The summed E-state index contributed by atoms with van der Waals surface area (Å²) >= 11 is 5.06. The van der Waals surface area contributed by atoms with Crippen LogP contribution in [0.25, 0.3) is 10.7 Å². The highest BCUT2D eigenvalue weighted by molar-refractivity contribution is 9.10. The molecule has 0 unspecified atom stereocenters. The standard InChI is InChI=1S/C12H14BrN3OS/c1-3-14-11-5-9(6-17-2)15-12(16-11)10-4-8(13)7-18-10/h4-5,7H,3,6H2,1-2H3,(H,14,15,16). The van der Waals surface area contributed by atoms with Gasteiger partial charge in [-0.15, -0.1) is 11.3 Å². The second-order valence-electron chi connectivity index (χ2n) is 3.66. The van der Waals surface area contributed by atoms with Gasteiger partial charge in [-0.25, -0.2) is 9.97 Å². The molecule has 0 aliphatic rings. The maximum absolute atomic E-state index is 5.13. The Bertz CT molecular complexity index is 506. The van der Waals surface area contributed by atoms with Gasteiger partial charge in [0.05, 0.1) is 17.2 Å². The molecule has 2 aromatic heterocycles. The van der Waals surface area contributed by atoms with Crippen molar-refractivity contribution >= 4 is 33.1 Å². The number of thiophene rings is 1. The largest absolute Gasteiger partial charge is 0.378 e. The zero-order chi connectivity index (χ0) is 13.0. The second-order valence-corrected chi connectivity index (χ2v) is 5.49. The summed E-state index contributed by atoms with van der Waals surface area (Å²) in [7, 11) is 1.66. The van der Waals surface area contributed by atoms with E-state index in [0.29, 0.717) is 6.61 Å². The lowest BCUT2D eigenvalue weighted by molar-refractivity contribution is 0.181. The van der Waals surface area contributed by atoms with Gasteiger partial charge in [-0.1, -0.05) is 0 Å². The molecule has 0 atom stereocenters. The van der Waals surface area contributed by atoms with Crippen LogP contribution in [0.3, 0.4) is 0 Å². The normalized spacial score (nSPS) is 10.6. The Balaban J connectivity index is 2.39. The molecule has 18 heavy (non-hydrogen) atoms. The predicted molar refractivity (Wildman–Crippen MR) is 77.9 cm³/mol. The smallest absolute Gasteiger partial charge is 0.171 e. The maximum Gasteiger partial charge on any atom is 0.171 e. The summed E-state index contributed by atoms with van der Waals surface area (Å²) in [6, 6.07) is 3.94. The Morgan fingerprint density at radius 2 is 2.22 bits per heavy atom. The van der Waals surface area contributed by atoms with Crippen LogP contribution in [0, 0.1) is 0 Å². The molecule has 2 heterocycles. The molecule has 4 nitrogen and oxygen atoms in total. The van der Waals surface area contributed by atoms with Gasteiger partial charge in [0.25, 0.3) is 0 Å². The van der Waals surface area contributed by atoms with E-state index in [1.807, 2.05) is 24.4 Å². The van der Waals surface area contributed by atoms with Crippen molar-refractivity contribution in [1.82, 2.24) is 9.97 Å². The molecule has 96 valence electrons. The molecular formula is C12H14BrN3OS. The van der Waals surface area contributed by atoms with Crippen LogP contribution < -0.4 is 5.32 Å². The highest BCUT2D eigenvalue weighted by atomic mass is 79.9. The summed E-state index contributed by atoms with van der Waals surface area (Å²) in [5, 5.41) is 5.23. The molecular weight excluding hydrogens is 314 g/mol. The van der Waals surface area contributed by atoms with E-state index >= 15 is 0 Å². The van der Waals surface area contributed by atoms with Crippen LogP contribution in [0.4, 0.5) is 5.82 Å². The number of hydrogen-bond acceptors (Lipinski definition) is 5. The fraction of sp³-hybridized carbons (Fsp3) is 0.333. The molecule has 0 fully saturated rings. The monoisotopic (exact) mass is 327 g/mol. The van der Waals surface area contributed by atoms with Gasteiger partial charge in [0, 0.05) is 29.6 Å². The van der Waals surface area contributed by atoms with E-state index in [-0.39, 0.29) is 0 Å². The second kappa shape index (κ2) is 6.26. The average molecular weight is 328 g/mol. The van der Waals surface area contributed by atoms with Gasteiger partial charge in [-0.05, 0) is 28.9 Å².